The summed E-state index contributed by atoms with van der Waals surface area (Å²) in [5.74, 6) is 0.0441. The van der Waals surface area contributed by atoms with Gasteiger partial charge in [0.25, 0.3) is 0 Å². The van der Waals surface area contributed by atoms with E-state index in [4.69, 9.17) is 4.74 Å². The van der Waals surface area contributed by atoms with Crippen LogP contribution in [0.15, 0.2) is 77.0 Å². The fourth-order valence-corrected chi connectivity index (χ4v) is 3.05. The molecule has 134 valence electrons. The van der Waals surface area contributed by atoms with Gasteiger partial charge in [0.2, 0.25) is 5.88 Å². The lowest BCUT2D eigenvalue weighted by Gasteiger charge is -2.06. The minimum atomic E-state index is -0.532. The highest BCUT2D eigenvalue weighted by atomic mass is 16.5. The number of amides is 1. The zero-order valence-corrected chi connectivity index (χ0v) is 14.7. The van der Waals surface area contributed by atoms with Crippen LogP contribution < -0.4 is 4.74 Å². The Morgan fingerprint density at radius 2 is 1.70 bits per heavy atom. The van der Waals surface area contributed by atoms with E-state index in [2.05, 4.69) is 10.2 Å². The molecule has 1 heterocycles. The fraction of sp³-hybridized carbons (Fsp3) is 0.0952. The zero-order valence-electron chi connectivity index (χ0n) is 14.7. The fourth-order valence-electron chi connectivity index (χ4n) is 3.05. The number of hydrogen-bond acceptors (Lipinski definition) is 4. The quantitative estimate of drug-likeness (QED) is 0.535. The molecule has 0 saturated carbocycles. The minimum absolute atomic E-state index is 0.0391. The average molecular weight is 359 g/mol. The van der Waals surface area contributed by atoms with Gasteiger partial charge in [-0.25, -0.2) is 0 Å². The Morgan fingerprint density at radius 3 is 2.56 bits per heavy atom. The van der Waals surface area contributed by atoms with E-state index >= 15 is 0 Å². The van der Waals surface area contributed by atoms with Crippen molar-refractivity contribution >= 4 is 33.3 Å². The molecule has 0 spiro atoms. The van der Waals surface area contributed by atoms with Crippen LogP contribution in [0.5, 0.6) is 11.6 Å². The summed E-state index contributed by atoms with van der Waals surface area (Å²) in [6.45, 7) is -0.233. The van der Waals surface area contributed by atoms with Crippen LogP contribution in [0.1, 0.15) is 0 Å². The Bertz CT molecular complexity index is 1170. The Morgan fingerprint density at radius 1 is 1.00 bits per heavy atom. The maximum atomic E-state index is 12.1. The second-order valence-corrected chi connectivity index (χ2v) is 6.11. The first-order chi connectivity index (χ1) is 13.1. The molecule has 0 aliphatic carbocycles. The molecule has 4 rings (SSSR count). The van der Waals surface area contributed by atoms with Crippen LogP contribution in [0.2, 0.25) is 0 Å². The molecule has 0 bridgehead atoms. The predicted octanol–water partition coefficient (Wildman–Crippen LogP) is 4.73. The summed E-state index contributed by atoms with van der Waals surface area (Å²) >= 11 is 0. The van der Waals surface area contributed by atoms with Crippen LogP contribution in [0, 0.1) is 0 Å². The first-order valence-corrected chi connectivity index (χ1v) is 8.46. The van der Waals surface area contributed by atoms with Gasteiger partial charge in [0.1, 0.15) is 5.75 Å². The van der Waals surface area contributed by atoms with E-state index in [0.717, 1.165) is 21.7 Å². The number of nitrogens with zero attached hydrogens (tertiary/aromatic N) is 3. The van der Waals surface area contributed by atoms with Gasteiger partial charge in [-0.05, 0) is 17.5 Å². The summed E-state index contributed by atoms with van der Waals surface area (Å²) in [6, 6.07) is 20.8. The van der Waals surface area contributed by atoms with Crippen LogP contribution in [0.25, 0.3) is 21.7 Å². The second kappa shape index (κ2) is 6.92. The molecule has 1 N–H and O–H groups in total. The number of aryl methyl sites for hydroxylation is 1. The van der Waals surface area contributed by atoms with Crippen LogP contribution in [0.4, 0.5) is 5.69 Å². The standard InChI is InChI=1S/C21H17N3O3/c1-24-17-11-5-4-10-16(17)20(21(24)26)23-22-19(25)13-27-18-12-6-8-14-7-2-3-9-15(14)18/h2-12,26H,13H2,1H3. The lowest BCUT2D eigenvalue weighted by atomic mass is 10.1. The van der Waals surface area contributed by atoms with E-state index in [1.54, 1.807) is 11.6 Å². The van der Waals surface area contributed by atoms with Gasteiger partial charge >= 0.3 is 5.91 Å². The summed E-state index contributed by atoms with van der Waals surface area (Å²) in [5, 5.41) is 20.6. The summed E-state index contributed by atoms with van der Waals surface area (Å²) in [6.07, 6.45) is 0. The third-order valence-electron chi connectivity index (χ3n) is 4.41. The van der Waals surface area contributed by atoms with Gasteiger partial charge in [-0.2, -0.15) is 0 Å². The van der Waals surface area contributed by atoms with Crippen molar-refractivity contribution in [2.75, 3.05) is 6.61 Å². The number of azo groups is 1. The van der Waals surface area contributed by atoms with Crippen molar-refractivity contribution < 1.29 is 14.6 Å². The lowest BCUT2D eigenvalue weighted by molar-refractivity contribution is -0.120. The first kappa shape index (κ1) is 16.8. The van der Waals surface area contributed by atoms with Crippen molar-refractivity contribution in [3.05, 3.63) is 66.7 Å². The number of benzene rings is 3. The predicted molar refractivity (Wildman–Crippen MR) is 104 cm³/mol. The van der Waals surface area contributed by atoms with Gasteiger partial charge in [-0.3, -0.25) is 4.79 Å². The molecule has 0 atom stereocenters. The molecule has 27 heavy (non-hydrogen) atoms. The van der Waals surface area contributed by atoms with Gasteiger partial charge in [-0.1, -0.05) is 54.6 Å². The van der Waals surface area contributed by atoms with Crippen LogP contribution in [-0.2, 0) is 11.8 Å². The van der Waals surface area contributed by atoms with Crippen molar-refractivity contribution in [3.63, 3.8) is 0 Å². The van der Waals surface area contributed by atoms with Gasteiger partial charge in [-0.15, -0.1) is 10.2 Å². The van der Waals surface area contributed by atoms with Gasteiger partial charge in [0.05, 0.1) is 5.52 Å². The Kier molecular flexibility index (Phi) is 4.30. The highest BCUT2D eigenvalue weighted by Gasteiger charge is 2.14. The SMILES string of the molecule is Cn1c(O)c(N=NC(=O)COc2cccc3ccccc23)c2ccccc21. The normalized spacial score (nSPS) is 11.4. The molecule has 3 aromatic carbocycles. The molecular formula is C21H17N3O3. The number of aromatic nitrogens is 1. The molecule has 0 unspecified atom stereocenters. The number of aromatic hydroxyl groups is 1. The smallest absolute Gasteiger partial charge is 0.302 e. The van der Waals surface area contributed by atoms with E-state index in [1.165, 1.54) is 0 Å². The third kappa shape index (κ3) is 3.13. The molecule has 1 aromatic heterocycles. The van der Waals surface area contributed by atoms with Crippen molar-refractivity contribution in [3.8, 4) is 11.6 Å². The highest BCUT2D eigenvalue weighted by Crippen LogP contribution is 2.37. The third-order valence-corrected chi connectivity index (χ3v) is 4.41. The topological polar surface area (TPSA) is 76.2 Å². The Hall–Kier alpha value is -3.67. The zero-order chi connectivity index (χ0) is 18.8. The number of carbonyl (C=O) groups is 1. The van der Waals surface area contributed by atoms with E-state index in [0.29, 0.717) is 5.75 Å². The Balaban J connectivity index is 1.52. The van der Waals surface area contributed by atoms with E-state index < -0.39 is 5.91 Å². The summed E-state index contributed by atoms with van der Waals surface area (Å²) in [7, 11) is 1.72. The molecule has 6 heteroatoms. The summed E-state index contributed by atoms with van der Waals surface area (Å²) < 4.78 is 7.22. The monoisotopic (exact) mass is 359 g/mol. The maximum absolute atomic E-state index is 12.1. The first-order valence-electron chi connectivity index (χ1n) is 8.46. The van der Waals surface area contributed by atoms with Crippen molar-refractivity contribution in [1.29, 1.82) is 0 Å². The molecule has 0 radical (unpaired) electrons. The van der Waals surface area contributed by atoms with Crippen LogP contribution in [-0.4, -0.2) is 22.2 Å². The minimum Gasteiger partial charge on any atom is -0.493 e. The Labute approximate surface area is 155 Å². The molecule has 0 fully saturated rings. The molecule has 0 saturated heterocycles. The molecule has 0 aliphatic rings. The summed E-state index contributed by atoms with van der Waals surface area (Å²) in [5.41, 5.74) is 1.08. The maximum Gasteiger partial charge on any atom is 0.302 e. The van der Waals surface area contributed by atoms with Crippen LogP contribution >= 0.6 is 0 Å². The number of rotatable bonds is 4. The van der Waals surface area contributed by atoms with Gasteiger partial charge in [0, 0.05) is 17.8 Å². The largest absolute Gasteiger partial charge is 0.493 e. The van der Waals surface area contributed by atoms with Crippen molar-refractivity contribution in [2.24, 2.45) is 17.3 Å². The average Bonchev–Trinajstić information content (AvgIpc) is 2.95. The van der Waals surface area contributed by atoms with E-state index in [9.17, 15) is 9.90 Å². The number of hydrogen-bond donors (Lipinski definition) is 1. The van der Waals surface area contributed by atoms with Crippen molar-refractivity contribution in [2.45, 2.75) is 0 Å². The number of ether oxygens (including phenoxy) is 1. The molecule has 1 amide bonds. The van der Waals surface area contributed by atoms with Crippen LogP contribution in [0.3, 0.4) is 0 Å². The second-order valence-electron chi connectivity index (χ2n) is 6.11. The van der Waals surface area contributed by atoms with Gasteiger partial charge in [0.15, 0.2) is 12.3 Å². The number of para-hydroxylation sites is 1. The summed E-state index contributed by atoms with van der Waals surface area (Å²) in [4.78, 5) is 12.1. The van der Waals surface area contributed by atoms with E-state index in [1.807, 2.05) is 66.7 Å². The number of fused-ring (bicyclic) bond motifs is 2. The van der Waals surface area contributed by atoms with Crippen molar-refractivity contribution in [1.82, 2.24) is 4.57 Å². The molecule has 6 nitrogen and oxygen atoms in total. The number of carbonyl (C=O) groups excluding carboxylic acids is 1. The van der Waals surface area contributed by atoms with Gasteiger partial charge < -0.3 is 14.4 Å². The highest BCUT2D eigenvalue weighted by molar-refractivity contribution is 5.95. The molecule has 0 aliphatic heterocycles. The lowest BCUT2D eigenvalue weighted by Crippen LogP contribution is -2.08. The molecule has 4 aromatic rings. The molecular weight excluding hydrogens is 342 g/mol. The van der Waals surface area contributed by atoms with E-state index in [-0.39, 0.29) is 18.2 Å².